The molecule has 188 valence electrons. The molecule has 3 atom stereocenters. The first kappa shape index (κ1) is 24.0. The number of hydrogen-bond acceptors (Lipinski definition) is 8. The number of hydrogen-bond donors (Lipinski definition) is 4. The topological polar surface area (TPSA) is 157 Å². The zero-order chi connectivity index (χ0) is 25.4. The molecule has 1 amide bonds. The number of aryl methyl sites for hydroxylation is 1. The summed E-state index contributed by atoms with van der Waals surface area (Å²) in [5.41, 5.74) is 6.64. The van der Waals surface area contributed by atoms with Crippen molar-refractivity contribution in [3.05, 3.63) is 59.0 Å². The first-order chi connectivity index (χ1) is 17.3. The van der Waals surface area contributed by atoms with Gasteiger partial charge in [0.15, 0.2) is 11.5 Å². The van der Waals surface area contributed by atoms with Crippen molar-refractivity contribution >= 4 is 22.8 Å². The molecule has 0 unspecified atom stereocenters. The molecule has 36 heavy (non-hydrogen) atoms. The normalized spacial score (nSPS) is 23.4. The number of nitrogens with one attached hydrogen (secondary N) is 1. The number of benzene rings is 1. The van der Waals surface area contributed by atoms with Crippen molar-refractivity contribution in [1.82, 2.24) is 15.3 Å². The zero-order valence-corrected chi connectivity index (χ0v) is 19.9. The molecule has 1 fully saturated rings. The monoisotopic (exact) mass is 492 g/mol. The lowest BCUT2D eigenvalue weighted by molar-refractivity contribution is -0.147. The van der Waals surface area contributed by atoms with Crippen molar-refractivity contribution in [1.29, 1.82) is 0 Å². The summed E-state index contributed by atoms with van der Waals surface area (Å²) in [6, 6.07) is 8.41. The van der Waals surface area contributed by atoms with E-state index in [-0.39, 0.29) is 12.5 Å². The van der Waals surface area contributed by atoms with Gasteiger partial charge in [-0.15, -0.1) is 0 Å². The molecule has 10 nitrogen and oxygen atoms in total. The quantitative estimate of drug-likeness (QED) is 0.403. The molecule has 0 radical (unpaired) electrons. The number of pyridine rings is 2. The van der Waals surface area contributed by atoms with Gasteiger partial charge >= 0.3 is 5.97 Å². The number of fused-ring (bicyclic) bond motifs is 2. The second-order valence-corrected chi connectivity index (χ2v) is 9.37. The Kier molecular flexibility index (Phi) is 6.23. The molecule has 1 saturated carbocycles. The third-order valence-corrected chi connectivity index (χ3v) is 7.16. The van der Waals surface area contributed by atoms with Crippen LogP contribution in [0.3, 0.4) is 0 Å². The molecule has 3 aromatic rings. The van der Waals surface area contributed by atoms with Gasteiger partial charge in [-0.25, -0.2) is 0 Å². The number of aliphatic hydroxyl groups excluding tert-OH is 1. The Balaban J connectivity index is 1.38. The highest BCUT2D eigenvalue weighted by Gasteiger charge is 2.48. The van der Waals surface area contributed by atoms with Crippen LogP contribution in [-0.4, -0.2) is 57.4 Å². The molecular weight excluding hydrogens is 464 g/mol. The third kappa shape index (κ3) is 4.22. The summed E-state index contributed by atoms with van der Waals surface area (Å²) in [5.74, 6) is -0.356. The number of para-hydroxylation sites is 1. The van der Waals surface area contributed by atoms with Gasteiger partial charge in [-0.05, 0) is 37.8 Å². The van der Waals surface area contributed by atoms with Gasteiger partial charge in [-0.1, -0.05) is 18.2 Å². The first-order valence-electron chi connectivity index (χ1n) is 11.9. The van der Waals surface area contributed by atoms with E-state index in [1.807, 2.05) is 6.07 Å². The Morgan fingerprint density at radius 1 is 1.22 bits per heavy atom. The summed E-state index contributed by atoms with van der Waals surface area (Å²) in [5, 5.41) is 25.4. The van der Waals surface area contributed by atoms with E-state index in [0.717, 1.165) is 5.69 Å². The predicted octanol–water partition coefficient (Wildman–Crippen LogP) is 1.83. The fraction of sp³-hybridized carbons (Fsp3) is 0.385. The molecule has 1 aliphatic carbocycles. The SMILES string of the molecule is Cc1nc2c([C@@]3(C(=O)O)CC[C@@H](NCc4cc5c(cn4)OCCO5)[C@@H](O)C3)cccc2cc1C(N)=O. The van der Waals surface area contributed by atoms with Crippen molar-refractivity contribution in [2.75, 3.05) is 13.2 Å². The lowest BCUT2D eigenvalue weighted by Crippen LogP contribution is -2.52. The number of carboxylic acid groups (broad SMARTS) is 1. The van der Waals surface area contributed by atoms with Crippen LogP contribution in [0.25, 0.3) is 10.9 Å². The second kappa shape index (κ2) is 9.36. The van der Waals surface area contributed by atoms with E-state index in [4.69, 9.17) is 15.2 Å². The van der Waals surface area contributed by atoms with E-state index < -0.39 is 23.4 Å². The van der Waals surface area contributed by atoms with Crippen LogP contribution in [0, 0.1) is 6.92 Å². The van der Waals surface area contributed by atoms with Crippen LogP contribution in [0.15, 0.2) is 36.5 Å². The van der Waals surface area contributed by atoms with Crippen molar-refractivity contribution in [2.24, 2.45) is 5.73 Å². The average molecular weight is 493 g/mol. The number of ether oxygens (including phenoxy) is 2. The number of rotatable bonds is 6. The van der Waals surface area contributed by atoms with Crippen LogP contribution in [0.2, 0.25) is 0 Å². The first-order valence-corrected chi connectivity index (χ1v) is 11.9. The Hall–Kier alpha value is -3.76. The number of carbonyl (C=O) groups excluding carboxylic acids is 1. The van der Waals surface area contributed by atoms with Gasteiger partial charge in [0.25, 0.3) is 5.91 Å². The number of nitrogens with two attached hydrogens (primary N) is 1. The summed E-state index contributed by atoms with van der Waals surface area (Å²) in [7, 11) is 0. The van der Waals surface area contributed by atoms with Crippen LogP contribution in [0.5, 0.6) is 11.5 Å². The highest BCUT2D eigenvalue weighted by Crippen LogP contribution is 2.43. The molecule has 3 heterocycles. The number of amides is 1. The van der Waals surface area contributed by atoms with Crippen molar-refractivity contribution < 1.29 is 29.3 Å². The van der Waals surface area contributed by atoms with Crippen molar-refractivity contribution in [3.8, 4) is 11.5 Å². The lowest BCUT2D eigenvalue weighted by Gasteiger charge is -2.41. The van der Waals surface area contributed by atoms with Crippen LogP contribution >= 0.6 is 0 Å². The molecule has 10 heteroatoms. The van der Waals surface area contributed by atoms with Gasteiger partial charge in [-0.3, -0.25) is 19.6 Å². The van der Waals surface area contributed by atoms with Gasteiger partial charge < -0.3 is 30.7 Å². The van der Waals surface area contributed by atoms with E-state index in [2.05, 4.69) is 15.3 Å². The smallest absolute Gasteiger partial charge is 0.314 e. The molecular formula is C26H28N4O6. The number of aliphatic hydroxyl groups is 1. The summed E-state index contributed by atoms with van der Waals surface area (Å²) in [6.45, 7) is 3.04. The molecule has 0 spiro atoms. The second-order valence-electron chi connectivity index (χ2n) is 9.37. The number of aliphatic carboxylic acids is 1. The Labute approximate surface area is 207 Å². The molecule has 0 saturated heterocycles. The molecule has 0 bridgehead atoms. The van der Waals surface area contributed by atoms with Crippen LogP contribution < -0.4 is 20.5 Å². The molecule has 1 aromatic carbocycles. The Bertz CT molecular complexity index is 1350. The zero-order valence-electron chi connectivity index (χ0n) is 19.9. The van der Waals surface area contributed by atoms with E-state index in [9.17, 15) is 19.8 Å². The van der Waals surface area contributed by atoms with Gasteiger partial charge in [0.1, 0.15) is 13.2 Å². The summed E-state index contributed by atoms with van der Waals surface area (Å²) in [4.78, 5) is 33.4. The number of carbonyl (C=O) groups is 2. The van der Waals surface area contributed by atoms with E-state index in [1.165, 1.54) is 0 Å². The summed E-state index contributed by atoms with van der Waals surface area (Å²) < 4.78 is 11.1. The van der Waals surface area contributed by atoms with Crippen LogP contribution in [-0.2, 0) is 16.8 Å². The van der Waals surface area contributed by atoms with Gasteiger partial charge in [0, 0.05) is 24.0 Å². The fourth-order valence-corrected chi connectivity index (χ4v) is 5.24. The summed E-state index contributed by atoms with van der Waals surface area (Å²) >= 11 is 0. The number of nitrogens with zero attached hydrogens (tertiary/aromatic N) is 2. The minimum atomic E-state index is -1.32. The van der Waals surface area contributed by atoms with Crippen molar-refractivity contribution in [2.45, 2.75) is 50.3 Å². The lowest BCUT2D eigenvalue weighted by atomic mass is 9.66. The highest BCUT2D eigenvalue weighted by molar-refractivity contribution is 5.99. The molecule has 5 rings (SSSR count). The largest absolute Gasteiger partial charge is 0.486 e. The minimum absolute atomic E-state index is 0.0198. The standard InChI is InChI=1S/C26H28N4O6/c1-14-17(24(27)32)9-15-3-2-4-18(23(15)30-14)26(25(33)34)6-5-19(20(31)11-26)29-12-16-10-21-22(13-28-16)36-8-7-35-21/h2-4,9-10,13,19-20,29,31H,5-8,11-12H2,1H3,(H2,27,32)(H,33,34)/t19-,20+,26-/m1/s1. The van der Waals surface area contributed by atoms with E-state index in [0.29, 0.717) is 71.8 Å². The number of carboxylic acids is 1. The molecule has 2 aliphatic rings. The Morgan fingerprint density at radius 3 is 2.72 bits per heavy atom. The fourth-order valence-electron chi connectivity index (χ4n) is 5.24. The number of primary amides is 1. The average Bonchev–Trinajstić information content (AvgIpc) is 2.86. The highest BCUT2D eigenvalue weighted by atomic mass is 16.6. The molecule has 1 aliphatic heterocycles. The minimum Gasteiger partial charge on any atom is -0.486 e. The van der Waals surface area contributed by atoms with E-state index >= 15 is 0 Å². The Morgan fingerprint density at radius 2 is 2.00 bits per heavy atom. The van der Waals surface area contributed by atoms with Gasteiger partial charge in [0.2, 0.25) is 0 Å². The maximum atomic E-state index is 12.7. The molecule has 5 N–H and O–H groups in total. The maximum absolute atomic E-state index is 12.7. The van der Waals surface area contributed by atoms with Gasteiger partial charge in [0.05, 0.1) is 40.2 Å². The maximum Gasteiger partial charge on any atom is 0.314 e. The third-order valence-electron chi connectivity index (χ3n) is 7.16. The molecule has 2 aromatic heterocycles. The number of aromatic nitrogens is 2. The van der Waals surface area contributed by atoms with Gasteiger partial charge in [-0.2, -0.15) is 0 Å². The van der Waals surface area contributed by atoms with Crippen molar-refractivity contribution in [3.63, 3.8) is 0 Å². The van der Waals surface area contributed by atoms with Crippen LogP contribution in [0.1, 0.15) is 46.6 Å². The predicted molar refractivity (Wildman–Crippen MR) is 130 cm³/mol. The van der Waals surface area contributed by atoms with E-state index in [1.54, 1.807) is 37.4 Å². The summed E-state index contributed by atoms with van der Waals surface area (Å²) in [6.07, 6.45) is 1.48. The van der Waals surface area contributed by atoms with Crippen LogP contribution in [0.4, 0.5) is 0 Å².